The minimum atomic E-state index is -0.822. The van der Waals surface area contributed by atoms with Crippen molar-refractivity contribution in [3.63, 3.8) is 0 Å². The fraction of sp³-hybridized carbons (Fsp3) is 0.269. The summed E-state index contributed by atoms with van der Waals surface area (Å²) in [5.74, 6) is -2.25. The molecule has 188 valence electrons. The number of carbonyl (C=O) groups excluding carboxylic acids is 5. The number of nitrogens with one attached hydrogen (secondary N) is 3. The number of benzene rings is 2. The number of anilines is 2. The van der Waals surface area contributed by atoms with Gasteiger partial charge in [-0.2, -0.15) is 0 Å². The van der Waals surface area contributed by atoms with Crippen molar-refractivity contribution >= 4 is 50.2 Å². The van der Waals surface area contributed by atoms with Crippen molar-refractivity contribution in [1.29, 1.82) is 0 Å². The van der Waals surface area contributed by atoms with Gasteiger partial charge in [0.15, 0.2) is 0 Å². The molecule has 0 radical (unpaired) electrons. The second-order valence-electron chi connectivity index (χ2n) is 8.64. The number of carbonyl (C=O) groups is 5. The van der Waals surface area contributed by atoms with Crippen LogP contribution in [0, 0.1) is 5.92 Å². The number of nitrogens with zero attached hydrogens (tertiary/aromatic N) is 1. The van der Waals surface area contributed by atoms with Crippen molar-refractivity contribution in [1.82, 2.24) is 10.6 Å². The van der Waals surface area contributed by atoms with Gasteiger partial charge in [0.2, 0.25) is 17.7 Å². The molecule has 9 nitrogen and oxygen atoms in total. The molecule has 1 aliphatic rings. The summed E-state index contributed by atoms with van der Waals surface area (Å²) < 4.78 is 0. The molecule has 2 unspecified atom stereocenters. The Labute approximate surface area is 211 Å². The predicted octanol–water partition coefficient (Wildman–Crippen LogP) is 1.93. The van der Waals surface area contributed by atoms with E-state index < -0.39 is 23.8 Å². The van der Waals surface area contributed by atoms with Crippen molar-refractivity contribution < 1.29 is 24.0 Å². The molecule has 1 aliphatic heterocycles. The van der Waals surface area contributed by atoms with Crippen LogP contribution in [0.5, 0.6) is 0 Å². The average Bonchev–Trinajstić information content (AvgIpc) is 3.19. The fourth-order valence-electron chi connectivity index (χ4n) is 3.57. The predicted molar refractivity (Wildman–Crippen MR) is 140 cm³/mol. The van der Waals surface area contributed by atoms with E-state index in [2.05, 4.69) is 25.2 Å². The summed E-state index contributed by atoms with van der Waals surface area (Å²) in [6.45, 7) is 3.36. The molecule has 5 amide bonds. The minimum absolute atomic E-state index is 0.00364. The van der Waals surface area contributed by atoms with Gasteiger partial charge >= 0.3 is 0 Å². The highest BCUT2D eigenvalue weighted by Gasteiger charge is 2.26. The second-order valence-corrected chi connectivity index (χ2v) is 9.05. The zero-order chi connectivity index (χ0) is 26.2. The lowest BCUT2D eigenvalue weighted by Crippen LogP contribution is -2.51. The largest absolute Gasteiger partial charge is 0.345 e. The standard InChI is InChI=1S/C26H29N4O5P/c1-16(2)25(26(35)27-14-22(32)28-19-7-3-18(15-36)4-8-19)29-21(31)13-17-5-9-20(10-6-17)30-23(33)11-12-24(30)34/h3-12,16,25H,13-15,36H2,1-2H3,(H,27,35)(H,28,32)(H,29,31). The molecule has 36 heavy (non-hydrogen) atoms. The third-order valence-corrected chi connectivity index (χ3v) is 6.00. The third kappa shape index (κ3) is 7.09. The Morgan fingerprint density at radius 1 is 0.861 bits per heavy atom. The lowest BCUT2D eigenvalue weighted by atomic mass is 10.0. The molecule has 10 heteroatoms. The lowest BCUT2D eigenvalue weighted by molar-refractivity contribution is -0.130. The van der Waals surface area contributed by atoms with Crippen molar-refractivity contribution in [2.24, 2.45) is 5.92 Å². The van der Waals surface area contributed by atoms with Gasteiger partial charge < -0.3 is 16.0 Å². The molecule has 1 heterocycles. The van der Waals surface area contributed by atoms with Crippen LogP contribution in [0.1, 0.15) is 25.0 Å². The van der Waals surface area contributed by atoms with Crippen LogP contribution < -0.4 is 20.9 Å². The highest BCUT2D eigenvalue weighted by molar-refractivity contribution is 7.15. The van der Waals surface area contributed by atoms with Gasteiger partial charge in [0.05, 0.1) is 18.7 Å². The first-order valence-corrected chi connectivity index (χ1v) is 12.3. The maximum absolute atomic E-state index is 12.7. The number of hydrogen-bond donors (Lipinski definition) is 3. The van der Waals surface area contributed by atoms with Crippen LogP contribution in [-0.2, 0) is 36.6 Å². The highest BCUT2D eigenvalue weighted by Crippen LogP contribution is 2.20. The molecule has 2 aromatic carbocycles. The van der Waals surface area contributed by atoms with Crippen molar-refractivity contribution in [3.05, 3.63) is 71.8 Å². The summed E-state index contributed by atoms with van der Waals surface area (Å²) in [5.41, 5.74) is 2.81. The van der Waals surface area contributed by atoms with Crippen molar-refractivity contribution in [2.45, 2.75) is 32.5 Å². The molecule has 0 spiro atoms. The fourth-order valence-corrected chi connectivity index (χ4v) is 3.84. The van der Waals surface area contributed by atoms with Crippen LogP contribution in [0.25, 0.3) is 0 Å². The van der Waals surface area contributed by atoms with Crippen LogP contribution in [-0.4, -0.2) is 42.1 Å². The summed E-state index contributed by atoms with van der Waals surface area (Å²) in [6.07, 6.45) is 3.22. The van der Waals surface area contributed by atoms with Gasteiger partial charge in [-0.1, -0.05) is 38.1 Å². The first-order valence-electron chi connectivity index (χ1n) is 11.5. The van der Waals surface area contributed by atoms with Crippen LogP contribution >= 0.6 is 9.24 Å². The summed E-state index contributed by atoms with van der Waals surface area (Å²) in [6, 6.07) is 13.0. The topological polar surface area (TPSA) is 125 Å². The van der Waals surface area contributed by atoms with E-state index in [0.29, 0.717) is 16.9 Å². The highest BCUT2D eigenvalue weighted by atomic mass is 31.0. The van der Waals surface area contributed by atoms with E-state index >= 15 is 0 Å². The van der Waals surface area contributed by atoms with E-state index in [-0.39, 0.29) is 30.7 Å². The monoisotopic (exact) mass is 508 g/mol. The normalized spacial score (nSPS) is 13.6. The number of hydrogen-bond acceptors (Lipinski definition) is 5. The molecule has 3 N–H and O–H groups in total. The van der Waals surface area contributed by atoms with Crippen molar-refractivity contribution in [2.75, 3.05) is 16.8 Å². The quantitative estimate of drug-likeness (QED) is 0.334. The molecular formula is C26H29N4O5P. The molecule has 3 rings (SSSR count). The Kier molecular flexibility index (Phi) is 9.08. The maximum Gasteiger partial charge on any atom is 0.258 e. The zero-order valence-electron chi connectivity index (χ0n) is 20.1. The Hall–Kier alpha value is -3.84. The molecule has 2 aromatic rings. The van der Waals surface area contributed by atoms with Crippen LogP contribution in [0.2, 0.25) is 0 Å². The minimum Gasteiger partial charge on any atom is -0.345 e. The van der Waals surface area contributed by atoms with E-state index in [4.69, 9.17) is 0 Å². The van der Waals surface area contributed by atoms with Gasteiger partial charge in [0.25, 0.3) is 11.8 Å². The number of rotatable bonds is 10. The molecule has 0 saturated carbocycles. The second kappa shape index (κ2) is 12.2. The lowest BCUT2D eigenvalue weighted by Gasteiger charge is -2.22. The van der Waals surface area contributed by atoms with E-state index in [1.165, 1.54) is 12.2 Å². The van der Waals surface area contributed by atoms with E-state index in [1.54, 1.807) is 50.2 Å². The molecule has 0 saturated heterocycles. The van der Waals surface area contributed by atoms with Crippen LogP contribution in [0.3, 0.4) is 0 Å². The van der Waals surface area contributed by atoms with E-state index in [1.807, 2.05) is 12.1 Å². The molecule has 0 aromatic heterocycles. The Morgan fingerprint density at radius 2 is 1.44 bits per heavy atom. The smallest absolute Gasteiger partial charge is 0.258 e. The molecule has 2 atom stereocenters. The number of amides is 5. The Bertz CT molecular complexity index is 1160. The molecule has 0 aliphatic carbocycles. The Balaban J connectivity index is 1.50. The molecular weight excluding hydrogens is 479 g/mol. The number of imide groups is 1. The average molecular weight is 509 g/mol. The molecule has 0 fully saturated rings. The van der Waals surface area contributed by atoms with E-state index in [9.17, 15) is 24.0 Å². The Morgan fingerprint density at radius 3 is 2.00 bits per heavy atom. The zero-order valence-corrected chi connectivity index (χ0v) is 21.3. The van der Waals surface area contributed by atoms with Gasteiger partial charge in [-0.05, 0) is 47.5 Å². The summed E-state index contributed by atoms with van der Waals surface area (Å²) in [7, 11) is 2.63. The molecule has 0 bridgehead atoms. The summed E-state index contributed by atoms with van der Waals surface area (Å²) in [4.78, 5) is 62.2. The van der Waals surface area contributed by atoms with Crippen molar-refractivity contribution in [3.8, 4) is 0 Å². The van der Waals surface area contributed by atoms with Gasteiger partial charge in [0.1, 0.15) is 6.04 Å². The van der Waals surface area contributed by atoms with E-state index in [0.717, 1.165) is 16.6 Å². The van der Waals surface area contributed by atoms with Crippen LogP contribution in [0.15, 0.2) is 60.7 Å². The van der Waals surface area contributed by atoms with Crippen LogP contribution in [0.4, 0.5) is 11.4 Å². The van der Waals surface area contributed by atoms with Gasteiger partial charge in [0, 0.05) is 17.8 Å². The van der Waals surface area contributed by atoms with Gasteiger partial charge in [-0.25, -0.2) is 4.90 Å². The maximum atomic E-state index is 12.7. The summed E-state index contributed by atoms with van der Waals surface area (Å²) >= 11 is 0. The van der Waals surface area contributed by atoms with Gasteiger partial charge in [-0.3, -0.25) is 24.0 Å². The summed E-state index contributed by atoms with van der Waals surface area (Å²) in [5, 5.41) is 8.02. The third-order valence-electron chi connectivity index (χ3n) is 5.53. The first kappa shape index (κ1) is 26.8. The van der Waals surface area contributed by atoms with Gasteiger partial charge in [-0.15, -0.1) is 9.24 Å². The first-order chi connectivity index (χ1) is 17.2. The SMILES string of the molecule is CC(C)C(NC(=O)Cc1ccc(N2C(=O)C=CC2=O)cc1)C(=O)NCC(=O)Nc1ccc(CP)cc1.